The summed E-state index contributed by atoms with van der Waals surface area (Å²) in [6.07, 6.45) is 0.885. The molecule has 29 heavy (non-hydrogen) atoms. The average molecular weight is 388 g/mol. The van der Waals surface area contributed by atoms with Crippen LogP contribution in [0, 0.1) is 11.3 Å². The summed E-state index contributed by atoms with van der Waals surface area (Å²) in [6.45, 7) is 0.554. The molecule has 2 N–H and O–H groups in total. The smallest absolute Gasteiger partial charge is 0.264 e. The number of nitrogens with two attached hydrogens (primary N) is 1. The Morgan fingerprint density at radius 2 is 2.10 bits per heavy atom. The Balaban J connectivity index is 1.72. The molecule has 0 aliphatic carbocycles. The monoisotopic (exact) mass is 388 g/mol. The maximum Gasteiger partial charge on any atom is 0.264 e. The summed E-state index contributed by atoms with van der Waals surface area (Å²) in [5.41, 5.74) is 7.78. The molecule has 1 amide bonds. The molecule has 2 aromatic rings. The second kappa shape index (κ2) is 6.33. The standard InChI is InChI=1S/C22H20N4O3/c1-26-20(27)22(25-21(26)24)16-11-15(14-5-2-4-13(10-14)12-23)7-8-17(16)29-18-6-3-9-28-19(18)22/h2,4-5,7-8,10-11,18-19H,3,6,9H2,1H3,(H2,24,25). The van der Waals surface area contributed by atoms with Gasteiger partial charge in [-0.25, -0.2) is 4.99 Å². The number of rotatable bonds is 1. The van der Waals surface area contributed by atoms with E-state index in [0.717, 1.165) is 24.0 Å². The van der Waals surface area contributed by atoms with E-state index in [0.29, 0.717) is 23.5 Å². The van der Waals surface area contributed by atoms with Gasteiger partial charge in [-0.15, -0.1) is 0 Å². The van der Waals surface area contributed by atoms with Gasteiger partial charge in [0.15, 0.2) is 5.96 Å². The van der Waals surface area contributed by atoms with Gasteiger partial charge in [0.2, 0.25) is 5.54 Å². The van der Waals surface area contributed by atoms with Crippen LogP contribution in [0.15, 0.2) is 47.5 Å². The summed E-state index contributed by atoms with van der Waals surface area (Å²) >= 11 is 0. The maximum atomic E-state index is 13.4. The SMILES string of the molecule is CN1C(=O)C2(N=C1N)c1cc(-c3cccc(C#N)c3)ccc1OC1CCCOC12. The normalized spacial score (nSPS) is 27.7. The molecule has 3 unspecified atom stereocenters. The van der Waals surface area contributed by atoms with E-state index in [-0.39, 0.29) is 18.0 Å². The van der Waals surface area contributed by atoms with Crippen molar-refractivity contribution < 1.29 is 14.3 Å². The largest absolute Gasteiger partial charge is 0.487 e. The van der Waals surface area contributed by atoms with E-state index >= 15 is 0 Å². The number of hydrogen-bond acceptors (Lipinski definition) is 6. The Kier molecular flexibility index (Phi) is 3.86. The second-order valence-corrected chi connectivity index (χ2v) is 7.59. The van der Waals surface area contributed by atoms with Gasteiger partial charge in [-0.2, -0.15) is 5.26 Å². The minimum absolute atomic E-state index is 0.174. The highest BCUT2D eigenvalue weighted by molar-refractivity contribution is 6.08. The first-order chi connectivity index (χ1) is 14.0. The van der Waals surface area contributed by atoms with Crippen LogP contribution in [-0.2, 0) is 15.1 Å². The topological polar surface area (TPSA) is 101 Å². The molecule has 1 saturated heterocycles. The first-order valence-electron chi connectivity index (χ1n) is 9.61. The summed E-state index contributed by atoms with van der Waals surface area (Å²) < 4.78 is 12.3. The summed E-state index contributed by atoms with van der Waals surface area (Å²) in [5, 5.41) is 9.22. The van der Waals surface area contributed by atoms with E-state index < -0.39 is 11.6 Å². The highest BCUT2D eigenvalue weighted by atomic mass is 16.5. The Labute approximate surface area is 168 Å². The lowest BCUT2D eigenvalue weighted by atomic mass is 9.76. The molecule has 1 spiro atoms. The van der Waals surface area contributed by atoms with Crippen LogP contribution >= 0.6 is 0 Å². The van der Waals surface area contributed by atoms with Gasteiger partial charge in [0.05, 0.1) is 11.6 Å². The molecule has 7 heteroatoms. The van der Waals surface area contributed by atoms with Crippen LogP contribution in [0.3, 0.4) is 0 Å². The van der Waals surface area contributed by atoms with E-state index in [2.05, 4.69) is 11.1 Å². The molecule has 0 saturated carbocycles. The second-order valence-electron chi connectivity index (χ2n) is 7.59. The van der Waals surface area contributed by atoms with Crippen molar-refractivity contribution in [1.82, 2.24) is 4.90 Å². The highest BCUT2D eigenvalue weighted by Gasteiger charge is 2.61. The van der Waals surface area contributed by atoms with E-state index in [4.69, 9.17) is 15.2 Å². The van der Waals surface area contributed by atoms with Crippen molar-refractivity contribution in [3.63, 3.8) is 0 Å². The van der Waals surface area contributed by atoms with Gasteiger partial charge in [0.25, 0.3) is 5.91 Å². The number of likely N-dealkylation sites (N-methyl/N-ethyl adjacent to an activating group) is 1. The molecule has 1 fully saturated rings. The van der Waals surface area contributed by atoms with Gasteiger partial charge >= 0.3 is 0 Å². The van der Waals surface area contributed by atoms with Crippen molar-refractivity contribution in [3.05, 3.63) is 53.6 Å². The van der Waals surface area contributed by atoms with Crippen LogP contribution < -0.4 is 10.5 Å². The van der Waals surface area contributed by atoms with Crippen LogP contribution in [-0.4, -0.2) is 42.6 Å². The van der Waals surface area contributed by atoms with E-state index in [1.54, 1.807) is 13.1 Å². The maximum absolute atomic E-state index is 13.4. The van der Waals surface area contributed by atoms with Crippen molar-refractivity contribution in [2.24, 2.45) is 10.7 Å². The highest BCUT2D eigenvalue weighted by Crippen LogP contribution is 2.49. The number of nitrogens with zero attached hydrogens (tertiary/aromatic N) is 3. The Hall–Kier alpha value is -3.37. The summed E-state index contributed by atoms with van der Waals surface area (Å²) in [6, 6.07) is 15.2. The third-order valence-corrected chi connectivity index (χ3v) is 5.94. The number of nitriles is 1. The molecule has 7 nitrogen and oxygen atoms in total. The number of guanidine groups is 1. The van der Waals surface area contributed by atoms with E-state index in [1.807, 2.05) is 36.4 Å². The predicted molar refractivity (Wildman–Crippen MR) is 106 cm³/mol. The number of carbonyl (C=O) groups is 1. The number of benzene rings is 2. The van der Waals surface area contributed by atoms with Gasteiger partial charge < -0.3 is 15.2 Å². The molecule has 3 heterocycles. The number of amides is 1. The molecular formula is C22H20N4O3. The summed E-state index contributed by atoms with van der Waals surface area (Å²) in [7, 11) is 1.63. The third kappa shape index (κ3) is 2.46. The minimum atomic E-state index is -1.25. The zero-order valence-electron chi connectivity index (χ0n) is 16.0. The fourth-order valence-corrected chi connectivity index (χ4v) is 4.48. The molecule has 3 aliphatic rings. The number of fused-ring (bicyclic) bond motifs is 4. The van der Waals surface area contributed by atoms with Crippen LogP contribution in [0.1, 0.15) is 24.0 Å². The molecule has 3 aliphatic heterocycles. The minimum Gasteiger partial charge on any atom is -0.487 e. The molecule has 0 aromatic heterocycles. The Morgan fingerprint density at radius 3 is 2.86 bits per heavy atom. The van der Waals surface area contributed by atoms with Crippen molar-refractivity contribution >= 4 is 11.9 Å². The molecule has 2 aromatic carbocycles. The average Bonchev–Trinajstić information content (AvgIpc) is 2.98. The first kappa shape index (κ1) is 17.7. The predicted octanol–water partition coefficient (Wildman–Crippen LogP) is 2.15. The number of carbonyl (C=O) groups excluding carboxylic acids is 1. The van der Waals surface area contributed by atoms with E-state index in [1.165, 1.54) is 4.90 Å². The fourth-order valence-electron chi connectivity index (χ4n) is 4.48. The van der Waals surface area contributed by atoms with Gasteiger partial charge in [-0.3, -0.25) is 9.69 Å². The summed E-state index contributed by atoms with van der Waals surface area (Å²) in [4.78, 5) is 19.4. The molecule has 146 valence electrons. The zero-order valence-corrected chi connectivity index (χ0v) is 16.0. The lowest BCUT2D eigenvalue weighted by Gasteiger charge is -2.45. The Bertz CT molecular complexity index is 1090. The quantitative estimate of drug-likeness (QED) is 0.807. The van der Waals surface area contributed by atoms with Crippen molar-refractivity contribution in [1.29, 1.82) is 5.26 Å². The van der Waals surface area contributed by atoms with Crippen LogP contribution in [0.4, 0.5) is 0 Å². The lowest BCUT2D eigenvalue weighted by molar-refractivity contribution is -0.151. The lowest BCUT2D eigenvalue weighted by Crippen LogP contribution is -2.58. The van der Waals surface area contributed by atoms with Crippen molar-refractivity contribution in [2.75, 3.05) is 13.7 Å². The summed E-state index contributed by atoms with van der Waals surface area (Å²) in [5.74, 6) is 0.587. The van der Waals surface area contributed by atoms with E-state index in [9.17, 15) is 10.1 Å². The zero-order chi connectivity index (χ0) is 20.2. The number of aliphatic imine (C=N–C) groups is 1. The van der Waals surface area contributed by atoms with Gasteiger partial charge in [0, 0.05) is 19.2 Å². The fraction of sp³-hybridized carbons (Fsp3) is 0.318. The molecule has 3 atom stereocenters. The molecular weight excluding hydrogens is 368 g/mol. The van der Waals surface area contributed by atoms with Gasteiger partial charge in [-0.1, -0.05) is 18.2 Å². The van der Waals surface area contributed by atoms with Crippen LogP contribution in [0.2, 0.25) is 0 Å². The molecule has 0 radical (unpaired) electrons. The Morgan fingerprint density at radius 1 is 1.28 bits per heavy atom. The van der Waals surface area contributed by atoms with Gasteiger partial charge in [-0.05, 0) is 48.2 Å². The van der Waals surface area contributed by atoms with Crippen LogP contribution in [0.25, 0.3) is 11.1 Å². The van der Waals surface area contributed by atoms with Crippen molar-refractivity contribution in [3.8, 4) is 22.9 Å². The molecule has 0 bridgehead atoms. The van der Waals surface area contributed by atoms with Gasteiger partial charge in [0.1, 0.15) is 18.0 Å². The first-order valence-corrected chi connectivity index (χ1v) is 9.61. The number of hydrogen-bond donors (Lipinski definition) is 1. The van der Waals surface area contributed by atoms with Crippen LogP contribution in [0.5, 0.6) is 5.75 Å². The third-order valence-electron chi connectivity index (χ3n) is 5.94. The van der Waals surface area contributed by atoms with Crippen molar-refractivity contribution in [2.45, 2.75) is 30.6 Å². The number of ether oxygens (including phenoxy) is 2. The molecule has 5 rings (SSSR count).